The van der Waals surface area contributed by atoms with Crippen LogP contribution in [0, 0.1) is 0 Å². The maximum absolute atomic E-state index is 12.4. The fraction of sp³-hybridized carbons (Fsp3) is 0.111. The van der Waals surface area contributed by atoms with Crippen molar-refractivity contribution in [1.82, 2.24) is 4.98 Å². The van der Waals surface area contributed by atoms with Crippen molar-refractivity contribution >= 4 is 45.7 Å². The third-order valence-electron chi connectivity index (χ3n) is 3.74. The van der Waals surface area contributed by atoms with E-state index < -0.39 is 0 Å². The lowest BCUT2D eigenvalue weighted by Gasteiger charge is -2.09. The largest absolute Gasteiger partial charge is 0.322 e. The lowest BCUT2D eigenvalue weighted by atomic mass is 10.1. The van der Waals surface area contributed by atoms with Crippen molar-refractivity contribution < 1.29 is 4.79 Å². The van der Waals surface area contributed by atoms with Gasteiger partial charge in [0.2, 0.25) is 5.56 Å². The number of aromatic amines is 1. The number of rotatable bonds is 3. The summed E-state index contributed by atoms with van der Waals surface area (Å²) >= 11 is 11.9. The molecule has 0 saturated heterocycles. The lowest BCUT2D eigenvalue weighted by molar-refractivity contribution is 0.102. The van der Waals surface area contributed by atoms with Crippen molar-refractivity contribution in [2.24, 2.45) is 0 Å². The minimum Gasteiger partial charge on any atom is -0.322 e. The number of nitrogens with one attached hydrogen (secondary N) is 2. The third-order valence-corrected chi connectivity index (χ3v) is 4.29. The van der Waals surface area contributed by atoms with Crippen molar-refractivity contribution in [1.29, 1.82) is 0 Å². The van der Waals surface area contributed by atoms with Gasteiger partial charge in [0.1, 0.15) is 0 Å². The highest BCUT2D eigenvalue weighted by atomic mass is 35.5. The number of hydrogen-bond acceptors (Lipinski definition) is 2. The molecule has 3 rings (SSSR count). The molecule has 2 N–H and O–H groups in total. The standard InChI is InChI=1S/C18H14Cl2N2O2/c1-2-10-7-17(23)22-16-9-12(4-6-13(10)16)21-18(24)14-5-3-11(19)8-15(14)20/h3-9H,2H2,1H3,(H,21,24)(H,22,23). The Morgan fingerprint density at radius 2 is 1.92 bits per heavy atom. The number of aromatic nitrogens is 1. The number of anilines is 1. The molecule has 1 heterocycles. The highest BCUT2D eigenvalue weighted by molar-refractivity contribution is 6.37. The summed E-state index contributed by atoms with van der Waals surface area (Å²) in [5, 5.41) is 4.48. The summed E-state index contributed by atoms with van der Waals surface area (Å²) in [6, 6.07) is 11.7. The van der Waals surface area contributed by atoms with Gasteiger partial charge >= 0.3 is 0 Å². The molecule has 0 aliphatic rings. The number of fused-ring (bicyclic) bond motifs is 1. The summed E-state index contributed by atoms with van der Waals surface area (Å²) in [6.07, 6.45) is 0.756. The zero-order valence-corrected chi connectivity index (χ0v) is 14.3. The summed E-state index contributed by atoms with van der Waals surface area (Å²) < 4.78 is 0. The van der Waals surface area contributed by atoms with Gasteiger partial charge in [-0.25, -0.2) is 0 Å². The Hall–Kier alpha value is -2.30. The second-order valence-corrected chi connectivity index (χ2v) is 6.19. The number of H-pyrrole nitrogens is 1. The summed E-state index contributed by atoms with van der Waals surface area (Å²) in [6.45, 7) is 1.99. The minimum absolute atomic E-state index is 0.163. The molecule has 1 amide bonds. The first-order valence-electron chi connectivity index (χ1n) is 7.40. The number of benzene rings is 2. The topological polar surface area (TPSA) is 62.0 Å². The molecule has 0 spiro atoms. The Labute approximate surface area is 148 Å². The van der Waals surface area contributed by atoms with Gasteiger partial charge in [-0.2, -0.15) is 0 Å². The predicted octanol–water partition coefficient (Wildman–Crippen LogP) is 4.65. The van der Waals surface area contributed by atoms with E-state index in [1.165, 1.54) is 6.07 Å². The Kier molecular flexibility index (Phi) is 4.60. The molecule has 122 valence electrons. The summed E-state index contributed by atoms with van der Waals surface area (Å²) in [4.78, 5) is 26.9. The molecular weight excluding hydrogens is 347 g/mol. The first-order valence-corrected chi connectivity index (χ1v) is 8.16. The van der Waals surface area contributed by atoms with Gasteiger partial charge in [-0.1, -0.05) is 36.2 Å². The smallest absolute Gasteiger partial charge is 0.257 e. The maximum Gasteiger partial charge on any atom is 0.257 e. The van der Waals surface area contributed by atoms with Crippen molar-refractivity contribution in [2.75, 3.05) is 5.32 Å². The van der Waals surface area contributed by atoms with Gasteiger partial charge in [-0.15, -0.1) is 0 Å². The summed E-state index contributed by atoms with van der Waals surface area (Å²) in [5.41, 5.74) is 2.38. The van der Waals surface area contributed by atoms with E-state index in [0.29, 0.717) is 21.8 Å². The first-order chi connectivity index (χ1) is 11.5. The van der Waals surface area contributed by atoms with Gasteiger partial charge in [0.05, 0.1) is 16.1 Å². The van der Waals surface area contributed by atoms with Crippen LogP contribution in [-0.4, -0.2) is 10.9 Å². The van der Waals surface area contributed by atoms with Gasteiger partial charge in [-0.3, -0.25) is 9.59 Å². The second-order valence-electron chi connectivity index (χ2n) is 5.35. The van der Waals surface area contributed by atoms with Crippen molar-refractivity contribution in [3.8, 4) is 0 Å². The predicted molar refractivity (Wildman–Crippen MR) is 98.4 cm³/mol. The molecule has 0 atom stereocenters. The van der Waals surface area contributed by atoms with Crippen LogP contribution in [-0.2, 0) is 6.42 Å². The molecular formula is C18H14Cl2N2O2. The SMILES string of the molecule is CCc1cc(=O)[nH]c2cc(NC(=O)c3ccc(Cl)cc3Cl)ccc12. The Balaban J connectivity index is 1.95. The van der Waals surface area contributed by atoms with E-state index in [0.717, 1.165) is 17.4 Å². The lowest BCUT2D eigenvalue weighted by Crippen LogP contribution is -2.13. The van der Waals surface area contributed by atoms with Gasteiger partial charge in [0, 0.05) is 22.2 Å². The molecule has 0 unspecified atom stereocenters. The van der Waals surface area contributed by atoms with Crippen LogP contribution in [0.3, 0.4) is 0 Å². The minimum atomic E-state index is -0.343. The van der Waals surface area contributed by atoms with Gasteiger partial charge < -0.3 is 10.3 Å². The third kappa shape index (κ3) is 3.30. The molecule has 0 aliphatic carbocycles. The van der Waals surface area contributed by atoms with E-state index in [4.69, 9.17) is 23.2 Å². The van der Waals surface area contributed by atoms with Crippen LogP contribution in [0.1, 0.15) is 22.8 Å². The molecule has 0 bridgehead atoms. The number of carbonyl (C=O) groups excluding carboxylic acids is 1. The van der Waals surface area contributed by atoms with Crippen LogP contribution in [0.2, 0.25) is 10.0 Å². The molecule has 24 heavy (non-hydrogen) atoms. The van der Waals surface area contributed by atoms with Crippen molar-refractivity contribution in [3.63, 3.8) is 0 Å². The van der Waals surface area contributed by atoms with E-state index in [-0.39, 0.29) is 16.5 Å². The zero-order valence-electron chi connectivity index (χ0n) is 12.8. The van der Waals surface area contributed by atoms with Crippen LogP contribution in [0.15, 0.2) is 47.3 Å². The van der Waals surface area contributed by atoms with Crippen molar-refractivity contribution in [3.05, 3.63) is 74.0 Å². The van der Waals surface area contributed by atoms with Gasteiger partial charge in [0.15, 0.2) is 0 Å². The normalized spacial score (nSPS) is 10.8. The summed E-state index contributed by atoms with van der Waals surface area (Å²) in [5.74, 6) is -0.343. The monoisotopic (exact) mass is 360 g/mol. The van der Waals surface area contributed by atoms with Crippen LogP contribution in [0.25, 0.3) is 10.9 Å². The number of hydrogen-bond donors (Lipinski definition) is 2. The van der Waals surface area contributed by atoms with Crippen LogP contribution < -0.4 is 10.9 Å². The fourth-order valence-corrected chi connectivity index (χ4v) is 3.07. The molecule has 2 aromatic carbocycles. The Morgan fingerprint density at radius 3 is 2.62 bits per heavy atom. The average molecular weight is 361 g/mol. The molecule has 0 radical (unpaired) electrons. The number of halogens is 2. The quantitative estimate of drug-likeness (QED) is 0.713. The van der Waals surface area contributed by atoms with E-state index in [1.807, 2.05) is 13.0 Å². The van der Waals surface area contributed by atoms with Crippen molar-refractivity contribution in [2.45, 2.75) is 13.3 Å². The highest BCUT2D eigenvalue weighted by Crippen LogP contribution is 2.24. The number of pyridine rings is 1. The molecule has 0 saturated carbocycles. The average Bonchev–Trinajstić information content (AvgIpc) is 2.53. The van der Waals surface area contributed by atoms with E-state index in [9.17, 15) is 9.59 Å². The molecule has 1 aromatic heterocycles. The maximum atomic E-state index is 12.4. The number of carbonyl (C=O) groups is 1. The number of aryl methyl sites for hydroxylation is 1. The zero-order chi connectivity index (χ0) is 17.3. The van der Waals surface area contributed by atoms with Crippen LogP contribution >= 0.6 is 23.2 Å². The molecule has 0 fully saturated rings. The Morgan fingerprint density at radius 1 is 1.12 bits per heavy atom. The molecule has 4 nitrogen and oxygen atoms in total. The van der Waals surface area contributed by atoms with Crippen LogP contribution in [0.4, 0.5) is 5.69 Å². The molecule has 0 aliphatic heterocycles. The van der Waals surface area contributed by atoms with E-state index in [2.05, 4.69) is 10.3 Å². The van der Waals surface area contributed by atoms with Crippen LogP contribution in [0.5, 0.6) is 0 Å². The molecule has 6 heteroatoms. The van der Waals surface area contributed by atoms with Gasteiger partial charge in [0.25, 0.3) is 5.91 Å². The second kappa shape index (κ2) is 6.67. The Bertz CT molecular complexity index is 996. The highest BCUT2D eigenvalue weighted by Gasteiger charge is 2.12. The molecule has 3 aromatic rings. The number of amides is 1. The van der Waals surface area contributed by atoms with Gasteiger partial charge in [-0.05, 0) is 42.3 Å². The fourth-order valence-electron chi connectivity index (χ4n) is 2.57. The summed E-state index contributed by atoms with van der Waals surface area (Å²) in [7, 11) is 0. The van der Waals surface area contributed by atoms with E-state index in [1.54, 1.807) is 30.3 Å². The van der Waals surface area contributed by atoms with E-state index >= 15 is 0 Å². The first kappa shape index (κ1) is 16.6.